The molecule has 0 aromatic carbocycles. The van der Waals surface area contributed by atoms with Gasteiger partial charge < -0.3 is 9.64 Å². The fourth-order valence-corrected chi connectivity index (χ4v) is 1.79. The summed E-state index contributed by atoms with van der Waals surface area (Å²) in [6.07, 6.45) is 1.88. The molecular formula is C11H23N3O2. The first-order valence-electron chi connectivity index (χ1n) is 5.82. The minimum absolute atomic E-state index is 0.213. The Kier molecular flexibility index (Phi) is 4.56. The number of ether oxygens (including phenoxy) is 1. The quantitative estimate of drug-likeness (QED) is 0.696. The van der Waals surface area contributed by atoms with Crippen LogP contribution in [0.4, 0.5) is 4.79 Å². The summed E-state index contributed by atoms with van der Waals surface area (Å²) in [5.41, 5.74) is 5.63. The summed E-state index contributed by atoms with van der Waals surface area (Å²) < 4.78 is 5.34. The van der Waals surface area contributed by atoms with E-state index < -0.39 is 5.60 Å². The van der Waals surface area contributed by atoms with Crippen molar-refractivity contribution in [1.29, 1.82) is 0 Å². The molecule has 5 nitrogen and oxygen atoms in total. The zero-order valence-electron chi connectivity index (χ0n) is 10.7. The first-order valence-corrected chi connectivity index (χ1v) is 5.82. The number of carbonyl (C=O) groups is 1. The Hall–Kier alpha value is -0.810. The SMILES string of the molecule is CNN[C@@H]1CCCN(C(=O)OC(C)(C)C)C1. The average Bonchev–Trinajstić information content (AvgIpc) is 2.16. The van der Waals surface area contributed by atoms with E-state index in [1.807, 2.05) is 27.8 Å². The lowest BCUT2D eigenvalue weighted by Gasteiger charge is -2.34. The Morgan fingerprint density at radius 1 is 1.44 bits per heavy atom. The Balaban J connectivity index is 2.44. The molecule has 1 fully saturated rings. The number of hydrazine groups is 1. The van der Waals surface area contributed by atoms with Crippen LogP contribution in [0.5, 0.6) is 0 Å². The Labute approximate surface area is 97.5 Å². The number of piperidine rings is 1. The van der Waals surface area contributed by atoms with Gasteiger partial charge in [0.1, 0.15) is 5.60 Å². The second kappa shape index (κ2) is 5.50. The van der Waals surface area contributed by atoms with Crippen LogP contribution in [0.1, 0.15) is 33.6 Å². The molecule has 2 N–H and O–H groups in total. The Morgan fingerprint density at radius 2 is 2.12 bits per heavy atom. The first kappa shape index (κ1) is 13.3. The van der Waals surface area contributed by atoms with Gasteiger partial charge in [-0.2, -0.15) is 0 Å². The number of nitrogens with zero attached hydrogens (tertiary/aromatic N) is 1. The Bertz CT molecular complexity index is 236. The molecular weight excluding hydrogens is 206 g/mol. The summed E-state index contributed by atoms with van der Waals surface area (Å²) in [6, 6.07) is 0.311. The molecule has 5 heteroatoms. The number of rotatable bonds is 2. The average molecular weight is 229 g/mol. The summed E-state index contributed by atoms with van der Waals surface area (Å²) in [6.45, 7) is 7.15. The Morgan fingerprint density at radius 3 is 2.69 bits per heavy atom. The molecule has 0 unspecified atom stereocenters. The number of nitrogens with one attached hydrogen (secondary N) is 2. The van der Waals surface area contributed by atoms with E-state index in [9.17, 15) is 4.79 Å². The molecule has 0 radical (unpaired) electrons. The molecule has 1 atom stereocenters. The van der Waals surface area contributed by atoms with E-state index in [1.165, 1.54) is 0 Å². The number of carbonyl (C=O) groups excluding carboxylic acids is 1. The summed E-state index contributed by atoms with van der Waals surface area (Å²) >= 11 is 0. The van der Waals surface area contributed by atoms with Crippen LogP contribution in [-0.4, -0.2) is 42.8 Å². The smallest absolute Gasteiger partial charge is 0.410 e. The van der Waals surface area contributed by atoms with E-state index in [0.717, 1.165) is 19.4 Å². The molecule has 1 heterocycles. The van der Waals surface area contributed by atoms with E-state index in [-0.39, 0.29) is 6.09 Å². The van der Waals surface area contributed by atoms with Crippen molar-refractivity contribution >= 4 is 6.09 Å². The maximum Gasteiger partial charge on any atom is 0.410 e. The predicted molar refractivity (Wildman–Crippen MR) is 63.0 cm³/mol. The van der Waals surface area contributed by atoms with E-state index in [2.05, 4.69) is 10.9 Å². The monoisotopic (exact) mass is 229 g/mol. The van der Waals surface area contributed by atoms with E-state index in [4.69, 9.17) is 4.74 Å². The van der Waals surface area contributed by atoms with E-state index in [0.29, 0.717) is 12.6 Å². The highest BCUT2D eigenvalue weighted by Gasteiger charge is 2.27. The van der Waals surface area contributed by atoms with Crippen LogP contribution in [0.15, 0.2) is 0 Å². The molecule has 0 aliphatic carbocycles. The molecule has 94 valence electrons. The maximum atomic E-state index is 11.8. The van der Waals surface area contributed by atoms with Gasteiger partial charge in [-0.05, 0) is 40.7 Å². The molecule has 0 saturated carbocycles. The van der Waals surface area contributed by atoms with Crippen LogP contribution in [0.2, 0.25) is 0 Å². The topological polar surface area (TPSA) is 53.6 Å². The van der Waals surface area contributed by atoms with Gasteiger partial charge in [0, 0.05) is 19.1 Å². The van der Waals surface area contributed by atoms with Crippen LogP contribution in [0.25, 0.3) is 0 Å². The van der Waals surface area contributed by atoms with Crippen LogP contribution in [0, 0.1) is 0 Å². The van der Waals surface area contributed by atoms with Crippen molar-refractivity contribution in [3.63, 3.8) is 0 Å². The lowest BCUT2D eigenvalue weighted by molar-refractivity contribution is 0.0183. The third-order valence-corrected chi connectivity index (χ3v) is 2.42. The fraction of sp³-hybridized carbons (Fsp3) is 0.909. The molecule has 1 aliphatic rings. The third kappa shape index (κ3) is 4.37. The lowest BCUT2D eigenvalue weighted by atomic mass is 10.1. The van der Waals surface area contributed by atoms with Gasteiger partial charge in [0.15, 0.2) is 0 Å². The van der Waals surface area contributed by atoms with Gasteiger partial charge in [0.05, 0.1) is 0 Å². The minimum Gasteiger partial charge on any atom is -0.444 e. The predicted octanol–water partition coefficient (Wildman–Crippen LogP) is 1.11. The number of hydrogen-bond donors (Lipinski definition) is 2. The van der Waals surface area contributed by atoms with E-state index >= 15 is 0 Å². The number of amides is 1. The van der Waals surface area contributed by atoms with Gasteiger partial charge in [-0.1, -0.05) is 0 Å². The lowest BCUT2D eigenvalue weighted by Crippen LogP contribution is -2.52. The van der Waals surface area contributed by atoms with Crippen molar-refractivity contribution in [2.24, 2.45) is 0 Å². The van der Waals surface area contributed by atoms with Gasteiger partial charge in [-0.25, -0.2) is 4.79 Å². The summed E-state index contributed by atoms with van der Waals surface area (Å²) in [5.74, 6) is 0. The summed E-state index contributed by atoms with van der Waals surface area (Å²) in [5, 5.41) is 0. The van der Waals surface area contributed by atoms with Crippen molar-refractivity contribution in [1.82, 2.24) is 15.8 Å². The van der Waals surface area contributed by atoms with Gasteiger partial charge in [0.2, 0.25) is 0 Å². The second-order valence-corrected chi connectivity index (χ2v) is 5.16. The van der Waals surface area contributed by atoms with Crippen LogP contribution in [0.3, 0.4) is 0 Å². The molecule has 0 aromatic rings. The van der Waals surface area contributed by atoms with Crippen molar-refractivity contribution in [3.8, 4) is 0 Å². The van der Waals surface area contributed by atoms with Gasteiger partial charge in [-0.3, -0.25) is 10.9 Å². The van der Waals surface area contributed by atoms with Crippen molar-refractivity contribution in [2.45, 2.75) is 45.3 Å². The van der Waals surface area contributed by atoms with Gasteiger partial charge >= 0.3 is 6.09 Å². The highest BCUT2D eigenvalue weighted by molar-refractivity contribution is 5.68. The zero-order chi connectivity index (χ0) is 12.2. The molecule has 0 bridgehead atoms. The summed E-state index contributed by atoms with van der Waals surface area (Å²) in [7, 11) is 1.84. The second-order valence-electron chi connectivity index (χ2n) is 5.16. The van der Waals surface area contributed by atoms with Crippen molar-refractivity contribution < 1.29 is 9.53 Å². The molecule has 1 aliphatic heterocycles. The molecule has 1 rings (SSSR count). The van der Waals surface area contributed by atoms with E-state index in [1.54, 1.807) is 4.90 Å². The first-order chi connectivity index (χ1) is 7.42. The molecule has 0 spiro atoms. The minimum atomic E-state index is -0.416. The van der Waals surface area contributed by atoms with Crippen LogP contribution < -0.4 is 10.9 Å². The molecule has 16 heavy (non-hydrogen) atoms. The highest BCUT2D eigenvalue weighted by Crippen LogP contribution is 2.14. The standard InChI is InChI=1S/C11H23N3O2/c1-11(2,3)16-10(15)14-7-5-6-9(8-14)13-12-4/h9,12-13H,5-8H2,1-4H3/t9-/m1/s1. The van der Waals surface area contributed by atoms with Crippen molar-refractivity contribution in [3.05, 3.63) is 0 Å². The zero-order valence-corrected chi connectivity index (χ0v) is 10.7. The molecule has 1 saturated heterocycles. The number of hydrogen-bond acceptors (Lipinski definition) is 4. The third-order valence-electron chi connectivity index (χ3n) is 2.42. The largest absolute Gasteiger partial charge is 0.444 e. The van der Waals surface area contributed by atoms with Crippen molar-refractivity contribution in [2.75, 3.05) is 20.1 Å². The van der Waals surface area contributed by atoms with Crippen LogP contribution in [-0.2, 0) is 4.74 Å². The fourth-order valence-electron chi connectivity index (χ4n) is 1.79. The van der Waals surface area contributed by atoms with Gasteiger partial charge in [0.25, 0.3) is 0 Å². The maximum absolute atomic E-state index is 11.8. The normalized spacial score (nSPS) is 22.0. The molecule has 1 amide bonds. The summed E-state index contributed by atoms with van der Waals surface area (Å²) in [4.78, 5) is 13.6. The van der Waals surface area contributed by atoms with Gasteiger partial charge in [-0.15, -0.1) is 0 Å². The molecule has 0 aromatic heterocycles. The highest BCUT2D eigenvalue weighted by atomic mass is 16.6. The number of likely N-dealkylation sites (tertiary alicyclic amines) is 1. The van der Waals surface area contributed by atoms with Crippen LogP contribution >= 0.6 is 0 Å².